The van der Waals surface area contributed by atoms with Crippen LogP contribution >= 0.6 is 0 Å². The van der Waals surface area contributed by atoms with Gasteiger partial charge in [-0.25, -0.2) is 15.0 Å². The van der Waals surface area contributed by atoms with Gasteiger partial charge in [0.1, 0.15) is 29.8 Å². The number of nitrogens with one attached hydrogen (secondary N) is 1. The molecule has 1 aliphatic heterocycles. The number of anilines is 1. The van der Waals surface area contributed by atoms with Crippen molar-refractivity contribution in [3.8, 4) is 16.9 Å². The molecular formula is C29H36N6O. The number of rotatable bonds is 6. The Bertz CT molecular complexity index is 1410. The van der Waals surface area contributed by atoms with Gasteiger partial charge in [-0.2, -0.15) is 0 Å². The molecule has 0 amide bonds. The summed E-state index contributed by atoms with van der Waals surface area (Å²) in [6.07, 6.45) is 2.03. The van der Waals surface area contributed by atoms with Crippen LogP contribution in [-0.4, -0.2) is 52.1 Å². The monoisotopic (exact) mass is 484 g/mol. The van der Waals surface area contributed by atoms with E-state index >= 15 is 0 Å². The number of hydrogen-bond donors (Lipinski definition) is 1. The van der Waals surface area contributed by atoms with Gasteiger partial charge in [-0.05, 0) is 82.2 Å². The van der Waals surface area contributed by atoms with Crippen molar-refractivity contribution in [2.24, 2.45) is 0 Å². The minimum atomic E-state index is 0.629. The summed E-state index contributed by atoms with van der Waals surface area (Å²) in [6, 6.07) is 10.9. The summed E-state index contributed by atoms with van der Waals surface area (Å²) in [4.78, 5) is 22.3. The average molecular weight is 485 g/mol. The summed E-state index contributed by atoms with van der Waals surface area (Å²) in [6.45, 7) is 11.4. The molecule has 5 rings (SSSR count). The van der Waals surface area contributed by atoms with E-state index in [4.69, 9.17) is 14.7 Å². The predicted octanol–water partition coefficient (Wildman–Crippen LogP) is 5.36. The third-order valence-electron chi connectivity index (χ3n) is 6.75. The summed E-state index contributed by atoms with van der Waals surface area (Å²) in [5, 5.41) is 0. The molecule has 0 radical (unpaired) electrons. The molecule has 7 nitrogen and oxygen atoms in total. The number of aromatic amines is 1. The number of fused-ring (bicyclic) bond motifs is 2. The highest BCUT2D eigenvalue weighted by atomic mass is 16.5. The summed E-state index contributed by atoms with van der Waals surface area (Å²) in [5.74, 6) is 3.85. The molecule has 2 aromatic heterocycles. The first kappa shape index (κ1) is 24.3. The largest absolute Gasteiger partial charge is 0.491 e. The Balaban J connectivity index is 1.55. The number of benzene rings is 2. The van der Waals surface area contributed by atoms with E-state index in [1.807, 2.05) is 6.92 Å². The van der Waals surface area contributed by atoms with Crippen LogP contribution in [0.3, 0.4) is 0 Å². The molecule has 0 fully saturated rings. The first-order valence-electron chi connectivity index (χ1n) is 12.8. The van der Waals surface area contributed by atoms with Gasteiger partial charge in [0, 0.05) is 23.4 Å². The van der Waals surface area contributed by atoms with Crippen LogP contribution in [0.5, 0.6) is 5.75 Å². The molecule has 7 heteroatoms. The Kier molecular flexibility index (Phi) is 6.67. The Morgan fingerprint density at radius 3 is 2.64 bits per heavy atom. The molecule has 0 bridgehead atoms. The molecule has 4 aromatic rings. The highest BCUT2D eigenvalue weighted by Gasteiger charge is 2.23. The van der Waals surface area contributed by atoms with Gasteiger partial charge in [0.15, 0.2) is 0 Å². The molecule has 1 N–H and O–H groups in total. The maximum atomic E-state index is 6.31. The number of hydrogen-bond acceptors (Lipinski definition) is 6. The van der Waals surface area contributed by atoms with Crippen molar-refractivity contribution in [2.75, 3.05) is 32.1 Å². The molecule has 2 aromatic carbocycles. The van der Waals surface area contributed by atoms with Crippen molar-refractivity contribution in [1.82, 2.24) is 24.8 Å². The highest BCUT2D eigenvalue weighted by molar-refractivity contribution is 5.82. The highest BCUT2D eigenvalue weighted by Crippen LogP contribution is 2.35. The van der Waals surface area contributed by atoms with Crippen molar-refractivity contribution < 1.29 is 4.74 Å². The standard InChI is InChI=1S/C29H36N6O/c1-7-8-24-19(3)30-27(17-34(5)6)33-29(24)35-11-12-36-28-18(2)13-22(14-23(28)16-35)21-9-10-25-26(15-21)32-20(4)31-25/h9-10,13-15H,7-8,11-12,16-17H2,1-6H3,(H,31,32). The van der Waals surface area contributed by atoms with E-state index in [0.717, 1.165) is 78.0 Å². The third-order valence-corrected chi connectivity index (χ3v) is 6.75. The Labute approximate surface area is 213 Å². The molecule has 0 saturated carbocycles. The Morgan fingerprint density at radius 2 is 1.86 bits per heavy atom. The second-order valence-corrected chi connectivity index (χ2v) is 10.1. The van der Waals surface area contributed by atoms with Crippen LogP contribution < -0.4 is 9.64 Å². The molecule has 3 heterocycles. The van der Waals surface area contributed by atoms with Gasteiger partial charge in [-0.15, -0.1) is 0 Å². The lowest BCUT2D eigenvalue weighted by atomic mass is 9.98. The summed E-state index contributed by atoms with van der Waals surface area (Å²) >= 11 is 0. The molecule has 36 heavy (non-hydrogen) atoms. The van der Waals surface area contributed by atoms with Crippen LogP contribution in [0.15, 0.2) is 30.3 Å². The van der Waals surface area contributed by atoms with Crippen molar-refractivity contribution in [2.45, 2.75) is 53.6 Å². The fraction of sp³-hybridized carbons (Fsp3) is 0.414. The fourth-order valence-corrected chi connectivity index (χ4v) is 5.17. The lowest BCUT2D eigenvalue weighted by Crippen LogP contribution is -2.29. The maximum absolute atomic E-state index is 6.31. The topological polar surface area (TPSA) is 70.2 Å². The van der Waals surface area contributed by atoms with Crippen LogP contribution in [0.1, 0.15) is 47.4 Å². The zero-order chi connectivity index (χ0) is 25.4. The SMILES string of the molecule is CCCc1c(C)nc(CN(C)C)nc1N1CCOc2c(C)cc(-c3ccc4nc(C)[nH]c4c3)cc2C1. The molecular weight excluding hydrogens is 448 g/mol. The smallest absolute Gasteiger partial charge is 0.144 e. The van der Waals surface area contributed by atoms with Crippen molar-refractivity contribution in [3.05, 3.63) is 64.4 Å². The van der Waals surface area contributed by atoms with Gasteiger partial charge in [0.25, 0.3) is 0 Å². The normalized spacial score (nSPS) is 13.7. The molecule has 0 spiro atoms. The van der Waals surface area contributed by atoms with Crippen molar-refractivity contribution >= 4 is 16.9 Å². The molecule has 1 aliphatic rings. The fourth-order valence-electron chi connectivity index (χ4n) is 5.17. The summed E-state index contributed by atoms with van der Waals surface area (Å²) in [5.41, 5.74) is 9.09. The Hall–Kier alpha value is -3.45. The van der Waals surface area contributed by atoms with Gasteiger partial charge >= 0.3 is 0 Å². The van der Waals surface area contributed by atoms with Gasteiger partial charge in [-0.3, -0.25) is 0 Å². The molecule has 0 unspecified atom stereocenters. The molecule has 0 atom stereocenters. The lowest BCUT2D eigenvalue weighted by molar-refractivity contribution is 0.329. The summed E-state index contributed by atoms with van der Waals surface area (Å²) in [7, 11) is 4.11. The van der Waals surface area contributed by atoms with Crippen LogP contribution in [0.2, 0.25) is 0 Å². The second-order valence-electron chi connectivity index (χ2n) is 10.1. The minimum Gasteiger partial charge on any atom is -0.491 e. The van der Waals surface area contributed by atoms with E-state index < -0.39 is 0 Å². The molecule has 0 saturated heterocycles. The zero-order valence-electron chi connectivity index (χ0n) is 22.3. The van der Waals surface area contributed by atoms with E-state index in [2.05, 4.69) is 85.0 Å². The van der Waals surface area contributed by atoms with Crippen molar-refractivity contribution in [1.29, 1.82) is 0 Å². The number of aryl methyl sites for hydroxylation is 3. The van der Waals surface area contributed by atoms with Crippen LogP contribution in [0.4, 0.5) is 5.82 Å². The number of H-pyrrole nitrogens is 1. The van der Waals surface area contributed by atoms with E-state index in [9.17, 15) is 0 Å². The van der Waals surface area contributed by atoms with E-state index in [0.29, 0.717) is 6.61 Å². The second kappa shape index (κ2) is 9.90. The summed E-state index contributed by atoms with van der Waals surface area (Å²) < 4.78 is 6.31. The van der Waals surface area contributed by atoms with E-state index in [-0.39, 0.29) is 0 Å². The van der Waals surface area contributed by atoms with Gasteiger partial charge < -0.3 is 19.5 Å². The number of ether oxygens (including phenoxy) is 1. The van der Waals surface area contributed by atoms with E-state index in [1.165, 1.54) is 22.3 Å². The van der Waals surface area contributed by atoms with Gasteiger partial charge in [0.2, 0.25) is 0 Å². The minimum absolute atomic E-state index is 0.629. The average Bonchev–Trinajstić information content (AvgIpc) is 3.05. The number of aromatic nitrogens is 4. The van der Waals surface area contributed by atoms with Crippen molar-refractivity contribution in [3.63, 3.8) is 0 Å². The third kappa shape index (κ3) is 4.80. The van der Waals surface area contributed by atoms with Gasteiger partial charge in [0.05, 0.1) is 24.1 Å². The van der Waals surface area contributed by atoms with E-state index in [1.54, 1.807) is 0 Å². The van der Waals surface area contributed by atoms with Crippen LogP contribution in [0, 0.1) is 20.8 Å². The predicted molar refractivity (Wildman–Crippen MR) is 146 cm³/mol. The lowest BCUT2D eigenvalue weighted by Gasteiger charge is -2.26. The molecule has 188 valence electrons. The first-order chi connectivity index (χ1) is 17.3. The zero-order valence-corrected chi connectivity index (χ0v) is 22.3. The van der Waals surface area contributed by atoms with Crippen LogP contribution in [-0.2, 0) is 19.5 Å². The van der Waals surface area contributed by atoms with Gasteiger partial charge in [-0.1, -0.05) is 19.4 Å². The first-order valence-corrected chi connectivity index (χ1v) is 12.8. The number of imidazole rings is 1. The number of nitrogens with zero attached hydrogens (tertiary/aromatic N) is 5. The maximum Gasteiger partial charge on any atom is 0.144 e. The van der Waals surface area contributed by atoms with Crippen LogP contribution in [0.25, 0.3) is 22.2 Å². The molecule has 0 aliphatic carbocycles. The Morgan fingerprint density at radius 1 is 1.03 bits per heavy atom. The quantitative estimate of drug-likeness (QED) is 0.397.